The Morgan fingerprint density at radius 1 is 1.05 bits per heavy atom. The Balaban J connectivity index is 1.01. The number of aromatic nitrogens is 3. The molecule has 3 N–H and O–H groups in total. The van der Waals surface area contributed by atoms with Crippen LogP contribution in [-0.4, -0.2) is 100 Å². The summed E-state index contributed by atoms with van der Waals surface area (Å²) in [4.78, 5) is 38.5. The number of nitrogens with zero attached hydrogens (tertiary/aromatic N) is 5. The number of ether oxygens (including phenoxy) is 3. The SMILES string of the molecule is COCCOCCn1cc(/S(NC(=O)c2ccc(N3CCN(CC4=C(c5ccc(Cl)cc5)CC5(CCC5)CC4)CC3)cc2Oc2cnc3[nH]ccc3c2)=C(\C)O)cc1[N+](=O)[O-]. The molecule has 61 heavy (non-hydrogen) atoms. The molecule has 2 aliphatic carbocycles. The molecule has 4 heterocycles. The average Bonchev–Trinajstić information content (AvgIpc) is 3.90. The van der Waals surface area contributed by atoms with Gasteiger partial charge in [-0.2, -0.15) is 0 Å². The first-order valence-corrected chi connectivity index (χ1v) is 22.4. The van der Waals surface area contributed by atoms with Crippen molar-refractivity contribution in [3.05, 3.63) is 111 Å². The number of nitrogens with one attached hydrogen (secondary N) is 2. The molecule has 322 valence electrons. The lowest BCUT2D eigenvalue weighted by Gasteiger charge is -2.47. The maximum absolute atomic E-state index is 14.2. The Morgan fingerprint density at radius 2 is 1.85 bits per heavy atom. The average molecular weight is 870 g/mol. The molecule has 3 aromatic heterocycles. The van der Waals surface area contributed by atoms with Gasteiger partial charge in [0, 0.05) is 68.2 Å². The molecular weight excluding hydrogens is 818 g/mol. The number of hydrogen-bond acceptors (Lipinski definition) is 9. The van der Waals surface area contributed by atoms with Gasteiger partial charge in [-0.3, -0.25) is 14.4 Å². The van der Waals surface area contributed by atoms with Gasteiger partial charge in [0.1, 0.15) is 29.9 Å². The zero-order valence-corrected chi connectivity index (χ0v) is 36.1. The van der Waals surface area contributed by atoms with Crippen molar-refractivity contribution in [1.29, 1.82) is 0 Å². The summed E-state index contributed by atoms with van der Waals surface area (Å²) in [6, 6.07) is 19.0. The highest BCUT2D eigenvalue weighted by Gasteiger charge is 2.41. The van der Waals surface area contributed by atoms with E-state index >= 15 is 0 Å². The molecule has 1 spiro atoms. The number of benzene rings is 2. The zero-order valence-electron chi connectivity index (χ0n) is 34.5. The number of aliphatic hydroxyl groups is 1. The van der Waals surface area contributed by atoms with Crippen molar-refractivity contribution in [2.24, 2.45) is 5.41 Å². The summed E-state index contributed by atoms with van der Waals surface area (Å²) in [5.41, 5.74) is 6.67. The van der Waals surface area contributed by atoms with Gasteiger partial charge < -0.3 is 39.3 Å². The van der Waals surface area contributed by atoms with Gasteiger partial charge >= 0.3 is 5.82 Å². The van der Waals surface area contributed by atoms with Crippen LogP contribution >= 0.6 is 22.3 Å². The summed E-state index contributed by atoms with van der Waals surface area (Å²) >= 11 is 6.29. The molecule has 1 saturated heterocycles. The zero-order chi connectivity index (χ0) is 42.5. The molecule has 1 atom stereocenters. The van der Waals surface area contributed by atoms with Crippen LogP contribution in [0.1, 0.15) is 61.4 Å². The number of allylic oxidation sites excluding steroid dienone is 1. The largest absolute Gasteiger partial charge is 0.455 e. The van der Waals surface area contributed by atoms with Crippen molar-refractivity contribution in [2.45, 2.75) is 56.9 Å². The van der Waals surface area contributed by atoms with Crippen LogP contribution in [0.15, 0.2) is 89.7 Å². The first-order chi connectivity index (χ1) is 29.6. The van der Waals surface area contributed by atoms with E-state index in [4.69, 9.17) is 25.8 Å². The smallest absolute Gasteiger partial charge is 0.324 e. The van der Waals surface area contributed by atoms with Gasteiger partial charge in [-0.25, -0.2) is 9.55 Å². The second-order valence-electron chi connectivity index (χ2n) is 16.1. The number of methoxy groups -OCH3 is 1. The highest BCUT2D eigenvalue weighted by atomic mass is 35.5. The van der Waals surface area contributed by atoms with Gasteiger partial charge in [0.2, 0.25) is 0 Å². The molecule has 1 amide bonds. The minimum absolute atomic E-state index is 0.109. The number of piperazine rings is 1. The van der Waals surface area contributed by atoms with Crippen LogP contribution in [0.4, 0.5) is 11.5 Å². The van der Waals surface area contributed by atoms with Crippen LogP contribution in [0.2, 0.25) is 5.02 Å². The Kier molecular flexibility index (Phi) is 13.2. The molecule has 5 aromatic rings. The molecule has 0 bridgehead atoms. The number of pyridine rings is 1. The quantitative estimate of drug-likeness (QED) is 0.0378. The monoisotopic (exact) mass is 869 g/mol. The number of nitro groups is 1. The standard InChI is InChI=1S/C45H52ClN7O7S/c1-31(54)61(38-26-42(53(56)57)52(30-38)20-21-59-23-22-58-2)49-44(55)39-9-8-36(25-41(39)60-37-24-33-11-15-47-43(33)48-28-37)51-18-16-50(17-19-51)29-34-10-14-45(12-3-13-45)27-40(34)32-4-6-35(46)7-5-32/h4-9,11,15,24-26,28,30,54H,3,10,12-14,16-23,27,29H2,1-2H3,(H,47,48)(H,49,55). The molecular formula is C45H52ClN7O7S. The number of hydrogen-bond donors (Lipinski definition) is 3. The molecule has 2 aromatic carbocycles. The van der Waals surface area contributed by atoms with Gasteiger partial charge in [-0.1, -0.05) is 35.7 Å². The van der Waals surface area contributed by atoms with E-state index in [0.717, 1.165) is 61.7 Å². The summed E-state index contributed by atoms with van der Waals surface area (Å²) < 4.78 is 21.4. The van der Waals surface area contributed by atoms with E-state index < -0.39 is 21.5 Å². The fourth-order valence-corrected chi connectivity index (χ4v) is 10.2. The summed E-state index contributed by atoms with van der Waals surface area (Å²) in [6.45, 7) is 6.94. The third-order valence-corrected chi connectivity index (χ3v) is 14.1. The maximum Gasteiger partial charge on any atom is 0.324 e. The highest BCUT2D eigenvalue weighted by molar-refractivity contribution is 8.14. The van der Waals surface area contributed by atoms with Gasteiger partial charge in [-0.15, -0.1) is 0 Å². The number of aliphatic hydroxyl groups excluding tert-OH is 1. The van der Waals surface area contributed by atoms with Crippen LogP contribution in [0.5, 0.6) is 11.5 Å². The second-order valence-corrected chi connectivity index (χ2v) is 18.4. The van der Waals surface area contributed by atoms with E-state index in [9.17, 15) is 20.0 Å². The topological polar surface area (TPSA) is 160 Å². The highest BCUT2D eigenvalue weighted by Crippen LogP contribution is 2.55. The predicted octanol–water partition coefficient (Wildman–Crippen LogP) is 8.99. The second kappa shape index (κ2) is 18.9. The molecule has 8 rings (SSSR count). The summed E-state index contributed by atoms with van der Waals surface area (Å²) in [5.74, 6) is 0.0697. The summed E-state index contributed by atoms with van der Waals surface area (Å²) in [7, 11) is 0.167. The maximum atomic E-state index is 14.2. The van der Waals surface area contributed by atoms with E-state index in [1.807, 2.05) is 36.4 Å². The first-order valence-electron chi connectivity index (χ1n) is 20.8. The van der Waals surface area contributed by atoms with Gasteiger partial charge in [0.25, 0.3) is 5.91 Å². The number of aromatic amines is 1. The third-order valence-electron chi connectivity index (χ3n) is 12.2. The molecule has 16 heteroatoms. The van der Waals surface area contributed by atoms with E-state index in [1.165, 1.54) is 54.4 Å². The molecule has 3 aliphatic rings. The number of H-pyrrole nitrogens is 1. The minimum atomic E-state index is -1.40. The Morgan fingerprint density at radius 3 is 2.57 bits per heavy atom. The Hall–Kier alpha value is -5.03. The number of amides is 1. The van der Waals surface area contributed by atoms with E-state index in [0.29, 0.717) is 40.7 Å². The molecule has 14 nitrogen and oxygen atoms in total. The van der Waals surface area contributed by atoms with Gasteiger partial charge in [-0.05, 0) is 108 Å². The number of carbonyl (C=O) groups excluding carboxylic acids is 1. The number of carbonyl (C=O) groups is 1. The number of fused-ring (bicyclic) bond motifs is 1. The van der Waals surface area contributed by atoms with E-state index in [1.54, 1.807) is 37.3 Å². The van der Waals surface area contributed by atoms with Crippen molar-refractivity contribution in [1.82, 2.24) is 24.2 Å². The predicted molar refractivity (Wildman–Crippen MR) is 240 cm³/mol. The van der Waals surface area contributed by atoms with Crippen LogP contribution in [0.25, 0.3) is 16.6 Å². The summed E-state index contributed by atoms with van der Waals surface area (Å²) in [5, 5.41) is 24.4. The fourth-order valence-electron chi connectivity index (χ4n) is 8.68. The summed E-state index contributed by atoms with van der Waals surface area (Å²) in [6.07, 6.45) is 12.5. The lowest BCUT2D eigenvalue weighted by Crippen LogP contribution is -2.47. The molecule has 1 unspecified atom stereocenters. The minimum Gasteiger partial charge on any atom is -0.455 e. The van der Waals surface area contributed by atoms with Crippen LogP contribution in [-0.2, 0) is 16.0 Å². The first kappa shape index (κ1) is 42.7. The third kappa shape index (κ3) is 9.88. The van der Waals surface area contributed by atoms with Crippen molar-refractivity contribution in [3.63, 3.8) is 0 Å². The van der Waals surface area contributed by atoms with Crippen molar-refractivity contribution in [2.75, 3.05) is 64.6 Å². The molecule has 1 saturated carbocycles. The van der Waals surface area contributed by atoms with Crippen LogP contribution in [0.3, 0.4) is 0 Å². The van der Waals surface area contributed by atoms with Crippen molar-refractivity contribution < 1.29 is 29.0 Å². The molecule has 1 aliphatic heterocycles. The number of rotatable bonds is 16. The Bertz CT molecular complexity index is 2450. The molecule has 2 fully saturated rings. The number of halogens is 1. The van der Waals surface area contributed by atoms with Crippen molar-refractivity contribution in [3.8, 4) is 11.5 Å². The molecule has 0 radical (unpaired) electrons. The lowest BCUT2D eigenvalue weighted by atomic mass is 9.59. The Labute approximate surface area is 362 Å². The normalized spacial score (nSPS) is 17.4. The van der Waals surface area contributed by atoms with Gasteiger partial charge in [0.15, 0.2) is 0 Å². The van der Waals surface area contributed by atoms with Gasteiger partial charge in [0.05, 0.1) is 47.6 Å². The van der Waals surface area contributed by atoms with E-state index in [2.05, 4.69) is 36.6 Å². The van der Waals surface area contributed by atoms with E-state index in [-0.39, 0.29) is 29.6 Å². The number of anilines is 1. The lowest BCUT2D eigenvalue weighted by molar-refractivity contribution is -0.392. The van der Waals surface area contributed by atoms with Crippen molar-refractivity contribution >= 4 is 61.3 Å². The van der Waals surface area contributed by atoms with Crippen LogP contribution in [0, 0.1) is 15.5 Å². The van der Waals surface area contributed by atoms with Crippen LogP contribution < -0.4 is 14.4 Å². The fraction of sp³-hybridized carbons (Fsp3) is 0.400.